The van der Waals surface area contributed by atoms with Gasteiger partial charge in [-0.05, 0) is 44.5 Å². The van der Waals surface area contributed by atoms with Crippen LogP contribution in [0.25, 0.3) is 32.3 Å². The van der Waals surface area contributed by atoms with Gasteiger partial charge < -0.3 is 4.57 Å². The molecule has 0 aliphatic heterocycles. The lowest BCUT2D eigenvalue weighted by Gasteiger charge is -2.30. The zero-order valence-electron chi connectivity index (χ0n) is 15.8. The van der Waals surface area contributed by atoms with Gasteiger partial charge in [0.15, 0.2) is 0 Å². The van der Waals surface area contributed by atoms with Gasteiger partial charge in [0.2, 0.25) is 7.14 Å². The van der Waals surface area contributed by atoms with E-state index in [2.05, 4.69) is 0 Å². The first-order valence-electron chi connectivity index (χ1n) is 9.43. The second-order valence-electron chi connectivity index (χ2n) is 7.46. The van der Waals surface area contributed by atoms with Crippen molar-refractivity contribution in [2.75, 3.05) is 0 Å². The molecule has 0 aliphatic rings. The van der Waals surface area contributed by atoms with Crippen molar-refractivity contribution in [3.63, 3.8) is 0 Å². The van der Waals surface area contributed by atoms with Crippen LogP contribution in [0.5, 0.6) is 0 Å². The Bertz CT molecular complexity index is 1410. The maximum absolute atomic E-state index is 14.8. The molecule has 5 aromatic carbocycles. The topological polar surface area (TPSA) is 17.1 Å². The van der Waals surface area contributed by atoms with Gasteiger partial charge in [0.25, 0.3) is 0 Å². The number of alkyl halides is 5. The van der Waals surface area contributed by atoms with E-state index in [0.717, 1.165) is 33.7 Å². The third kappa shape index (κ3) is 2.71. The zero-order chi connectivity index (χ0) is 22.0. The van der Waals surface area contributed by atoms with Gasteiger partial charge in [0.1, 0.15) is 0 Å². The minimum absolute atomic E-state index is 0.464. The first kappa shape index (κ1) is 20.0. The van der Waals surface area contributed by atoms with E-state index < -0.39 is 29.6 Å². The Morgan fingerprint density at radius 1 is 0.548 bits per heavy atom. The minimum atomic E-state index is -5.98. The highest BCUT2D eigenvalue weighted by atomic mass is 31.2. The summed E-state index contributed by atoms with van der Waals surface area (Å²) in [4.78, 5) is 0. The maximum Gasteiger partial charge on any atom is 0.461 e. The lowest BCUT2D eigenvalue weighted by Crippen LogP contribution is -2.42. The molecule has 0 spiro atoms. The van der Waals surface area contributed by atoms with Gasteiger partial charge in [-0.3, -0.25) is 0 Å². The van der Waals surface area contributed by atoms with E-state index in [9.17, 15) is 26.5 Å². The molecule has 0 N–H and O–H groups in total. The average Bonchev–Trinajstić information content (AvgIpc) is 2.76. The van der Waals surface area contributed by atoms with Crippen LogP contribution in [0.3, 0.4) is 0 Å². The van der Waals surface area contributed by atoms with E-state index in [0.29, 0.717) is 10.8 Å². The van der Waals surface area contributed by atoms with Crippen molar-refractivity contribution in [2.24, 2.45) is 0 Å². The molecule has 0 aromatic heterocycles. The van der Waals surface area contributed by atoms with Crippen molar-refractivity contribution in [3.05, 3.63) is 84.9 Å². The van der Waals surface area contributed by atoms with E-state index in [1.54, 1.807) is 24.3 Å². The minimum Gasteiger partial charge on any atom is -0.307 e. The van der Waals surface area contributed by atoms with Crippen LogP contribution >= 0.6 is 7.14 Å². The molecule has 1 atom stereocenters. The van der Waals surface area contributed by atoms with Crippen molar-refractivity contribution in [2.45, 2.75) is 11.8 Å². The summed E-state index contributed by atoms with van der Waals surface area (Å²) in [6.45, 7) is 0. The summed E-state index contributed by atoms with van der Waals surface area (Å²) in [6.07, 6.45) is -5.98. The SMILES string of the molecule is O=P(c1ccccc1)(c1cc2ccc3cccc4ccc(c1)c2c34)C(F)(F)C(F)(F)F. The van der Waals surface area contributed by atoms with Crippen molar-refractivity contribution in [3.8, 4) is 0 Å². The maximum atomic E-state index is 14.8. The van der Waals surface area contributed by atoms with Gasteiger partial charge in [0.05, 0.1) is 0 Å². The number of benzene rings is 5. The van der Waals surface area contributed by atoms with E-state index in [1.165, 1.54) is 30.3 Å². The molecule has 1 nitrogen and oxygen atoms in total. The smallest absolute Gasteiger partial charge is 0.307 e. The van der Waals surface area contributed by atoms with Crippen LogP contribution in [0.2, 0.25) is 0 Å². The van der Waals surface area contributed by atoms with Gasteiger partial charge in [-0.2, -0.15) is 22.0 Å². The highest BCUT2D eigenvalue weighted by molar-refractivity contribution is 7.79. The molecule has 5 aromatic rings. The lowest BCUT2D eigenvalue weighted by atomic mass is 9.94. The van der Waals surface area contributed by atoms with Crippen LogP contribution in [0.1, 0.15) is 0 Å². The summed E-state index contributed by atoms with van der Waals surface area (Å²) in [5.74, 6) is 0. The summed E-state index contributed by atoms with van der Waals surface area (Å²) >= 11 is 0. The molecule has 0 heterocycles. The highest BCUT2D eigenvalue weighted by Gasteiger charge is 2.69. The van der Waals surface area contributed by atoms with Gasteiger partial charge in [0, 0.05) is 10.6 Å². The fourth-order valence-corrected chi connectivity index (χ4v) is 6.75. The molecule has 0 radical (unpaired) electrons. The molecule has 0 fully saturated rings. The molecule has 7 heteroatoms. The third-order valence-electron chi connectivity index (χ3n) is 5.67. The molecule has 0 amide bonds. The van der Waals surface area contributed by atoms with Crippen LogP contribution in [0.4, 0.5) is 22.0 Å². The average molecular weight is 444 g/mol. The normalized spacial score (nSPS) is 15.0. The van der Waals surface area contributed by atoms with Crippen LogP contribution < -0.4 is 10.6 Å². The standard InChI is InChI=1S/C24H14F5OP/c25-23(26,27)24(28,29)31(30,19-7-2-1-3-8-19)20-13-17-11-9-15-5-4-6-16-10-12-18(14-20)22(17)21(15)16/h1-14H. The summed E-state index contributed by atoms with van der Waals surface area (Å²) in [7, 11) is -5.42. The van der Waals surface area contributed by atoms with Crippen molar-refractivity contribution in [1.82, 2.24) is 0 Å². The summed E-state index contributed by atoms with van der Waals surface area (Å²) in [6, 6.07) is 21.2. The Kier molecular flexibility index (Phi) is 4.19. The molecule has 0 aliphatic carbocycles. The van der Waals surface area contributed by atoms with Gasteiger partial charge in [-0.1, -0.05) is 72.8 Å². The Morgan fingerprint density at radius 3 is 1.55 bits per heavy atom. The van der Waals surface area contributed by atoms with Crippen LogP contribution in [-0.4, -0.2) is 11.8 Å². The molecule has 0 bridgehead atoms. The van der Waals surface area contributed by atoms with E-state index in [1.807, 2.05) is 18.2 Å². The number of rotatable bonds is 3. The summed E-state index contributed by atoms with van der Waals surface area (Å²) in [5, 5.41) is 3.36. The van der Waals surface area contributed by atoms with Gasteiger partial charge in [-0.25, -0.2) is 0 Å². The molecule has 1 unspecified atom stereocenters. The highest BCUT2D eigenvalue weighted by Crippen LogP contribution is 2.64. The molecule has 31 heavy (non-hydrogen) atoms. The predicted octanol–water partition coefficient (Wildman–Crippen LogP) is 7.05. The predicted molar refractivity (Wildman–Crippen MR) is 114 cm³/mol. The number of hydrogen-bond donors (Lipinski definition) is 0. The molecule has 0 saturated carbocycles. The van der Waals surface area contributed by atoms with Crippen LogP contribution in [-0.2, 0) is 4.57 Å². The first-order valence-corrected chi connectivity index (χ1v) is 11.1. The first-order chi connectivity index (χ1) is 14.6. The Balaban J connectivity index is 1.89. The quantitative estimate of drug-likeness (QED) is 0.166. The van der Waals surface area contributed by atoms with Gasteiger partial charge >= 0.3 is 11.8 Å². The fourth-order valence-electron chi connectivity index (χ4n) is 4.21. The Hall–Kier alpha value is -2.98. The monoisotopic (exact) mass is 444 g/mol. The van der Waals surface area contributed by atoms with Crippen molar-refractivity contribution >= 4 is 50.1 Å². The summed E-state index contributed by atoms with van der Waals surface area (Å²) in [5.41, 5.74) is -5.43. The molecule has 0 saturated heterocycles. The largest absolute Gasteiger partial charge is 0.461 e. The zero-order valence-corrected chi connectivity index (χ0v) is 16.7. The second kappa shape index (κ2) is 6.51. The van der Waals surface area contributed by atoms with Gasteiger partial charge in [-0.15, -0.1) is 0 Å². The molecule has 5 rings (SSSR count). The molecule has 156 valence electrons. The number of hydrogen-bond acceptors (Lipinski definition) is 1. The fraction of sp³-hybridized carbons (Fsp3) is 0.0833. The number of halogens is 5. The van der Waals surface area contributed by atoms with Crippen molar-refractivity contribution in [1.29, 1.82) is 0 Å². The van der Waals surface area contributed by atoms with E-state index >= 15 is 0 Å². The third-order valence-corrected chi connectivity index (χ3v) is 8.72. The lowest BCUT2D eigenvalue weighted by molar-refractivity contribution is -0.241. The molecular formula is C24H14F5OP. The van der Waals surface area contributed by atoms with Crippen LogP contribution in [0, 0.1) is 0 Å². The molecular weight excluding hydrogens is 430 g/mol. The van der Waals surface area contributed by atoms with Crippen molar-refractivity contribution < 1.29 is 26.5 Å². The van der Waals surface area contributed by atoms with E-state index in [4.69, 9.17) is 0 Å². The summed E-state index contributed by atoms with van der Waals surface area (Å²) < 4.78 is 83.9. The second-order valence-corrected chi connectivity index (χ2v) is 10.3. The Morgan fingerprint density at radius 2 is 1.03 bits per heavy atom. The Labute approximate surface area is 173 Å². The van der Waals surface area contributed by atoms with E-state index in [-0.39, 0.29) is 0 Å². The van der Waals surface area contributed by atoms with Crippen LogP contribution in [0.15, 0.2) is 84.9 Å².